The summed E-state index contributed by atoms with van der Waals surface area (Å²) in [6, 6.07) is 11.7. The fraction of sp³-hybridized carbons (Fsp3) is 0.190. The molecule has 0 atom stereocenters. The summed E-state index contributed by atoms with van der Waals surface area (Å²) >= 11 is 0. The highest BCUT2D eigenvalue weighted by molar-refractivity contribution is 5.93. The van der Waals surface area contributed by atoms with Gasteiger partial charge in [-0.1, -0.05) is 19.9 Å². The van der Waals surface area contributed by atoms with E-state index >= 15 is 0 Å². The molecule has 0 bridgehead atoms. The molecule has 0 aliphatic rings. The van der Waals surface area contributed by atoms with Gasteiger partial charge < -0.3 is 15.8 Å². The number of aromatic nitrogens is 3. The van der Waals surface area contributed by atoms with Gasteiger partial charge >= 0.3 is 5.97 Å². The third kappa shape index (κ3) is 5.89. The standard InChI is InChI=1S/C21H23N7O3/c1-13(2)11-31-21(30)14-6-8-15(9-7-14)26-18-17(22)19(25-12-24-18)27-28-20(29)16-5-3-4-10-23-16/h3-10,12-13H,11,22H2,1-2H3,(H,28,29)(H2,24,25,26,27). The van der Waals surface area contributed by atoms with E-state index in [9.17, 15) is 9.59 Å². The lowest BCUT2D eigenvalue weighted by molar-refractivity contribution is 0.0459. The topological polar surface area (TPSA) is 144 Å². The van der Waals surface area contributed by atoms with Crippen LogP contribution >= 0.6 is 0 Å². The van der Waals surface area contributed by atoms with Crippen LogP contribution in [0.25, 0.3) is 0 Å². The molecule has 0 saturated carbocycles. The molecule has 2 aromatic heterocycles. The van der Waals surface area contributed by atoms with Gasteiger partial charge in [0.15, 0.2) is 11.6 Å². The molecule has 1 amide bonds. The summed E-state index contributed by atoms with van der Waals surface area (Å²) in [5.41, 5.74) is 12.8. The van der Waals surface area contributed by atoms with Gasteiger partial charge in [-0.25, -0.2) is 14.8 Å². The molecule has 10 heteroatoms. The van der Waals surface area contributed by atoms with Gasteiger partial charge in [-0.3, -0.25) is 20.6 Å². The molecule has 5 N–H and O–H groups in total. The average Bonchev–Trinajstić information content (AvgIpc) is 2.79. The van der Waals surface area contributed by atoms with Crippen molar-refractivity contribution in [3.63, 3.8) is 0 Å². The maximum absolute atomic E-state index is 12.1. The van der Waals surface area contributed by atoms with Crippen LogP contribution < -0.4 is 21.9 Å². The Bertz CT molecular complexity index is 1040. The van der Waals surface area contributed by atoms with E-state index in [1.54, 1.807) is 42.5 Å². The normalized spacial score (nSPS) is 10.4. The van der Waals surface area contributed by atoms with Gasteiger partial charge in [-0.15, -0.1) is 0 Å². The van der Waals surface area contributed by atoms with Crippen molar-refractivity contribution in [1.29, 1.82) is 0 Å². The maximum Gasteiger partial charge on any atom is 0.338 e. The van der Waals surface area contributed by atoms with Crippen molar-refractivity contribution in [1.82, 2.24) is 20.4 Å². The molecule has 0 saturated heterocycles. The third-order valence-electron chi connectivity index (χ3n) is 4.01. The monoisotopic (exact) mass is 421 g/mol. The van der Waals surface area contributed by atoms with Gasteiger partial charge in [0.25, 0.3) is 5.91 Å². The van der Waals surface area contributed by atoms with E-state index in [1.165, 1.54) is 12.5 Å². The molecule has 3 aromatic rings. The zero-order chi connectivity index (χ0) is 22.2. The summed E-state index contributed by atoms with van der Waals surface area (Å²) in [4.78, 5) is 36.2. The van der Waals surface area contributed by atoms with Crippen LogP contribution in [0.15, 0.2) is 55.0 Å². The molecule has 1 aromatic carbocycles. The highest BCUT2D eigenvalue weighted by Gasteiger charge is 2.12. The second-order valence-electron chi connectivity index (χ2n) is 6.97. The Balaban J connectivity index is 1.63. The van der Waals surface area contributed by atoms with Crippen LogP contribution in [0.4, 0.5) is 23.0 Å². The number of ether oxygens (including phenoxy) is 1. The average molecular weight is 421 g/mol. The Hall–Kier alpha value is -4.21. The second kappa shape index (κ2) is 10.0. The molecule has 0 aliphatic heterocycles. The van der Waals surface area contributed by atoms with Crippen LogP contribution in [0.5, 0.6) is 0 Å². The molecular formula is C21H23N7O3. The first-order valence-electron chi connectivity index (χ1n) is 9.56. The molecule has 31 heavy (non-hydrogen) atoms. The van der Waals surface area contributed by atoms with Crippen LogP contribution in [0.2, 0.25) is 0 Å². The van der Waals surface area contributed by atoms with E-state index < -0.39 is 5.91 Å². The van der Waals surface area contributed by atoms with E-state index in [-0.39, 0.29) is 29.1 Å². The number of nitrogens with zero attached hydrogens (tertiary/aromatic N) is 3. The van der Waals surface area contributed by atoms with Crippen molar-refractivity contribution in [2.45, 2.75) is 13.8 Å². The number of hydrazine groups is 1. The van der Waals surface area contributed by atoms with Crippen LogP contribution in [0.3, 0.4) is 0 Å². The molecular weight excluding hydrogens is 398 g/mol. The molecule has 0 radical (unpaired) electrons. The van der Waals surface area contributed by atoms with Crippen molar-refractivity contribution in [2.24, 2.45) is 5.92 Å². The van der Waals surface area contributed by atoms with Crippen molar-refractivity contribution in [2.75, 3.05) is 23.1 Å². The zero-order valence-corrected chi connectivity index (χ0v) is 17.1. The summed E-state index contributed by atoms with van der Waals surface area (Å²) in [7, 11) is 0. The number of amides is 1. The molecule has 0 unspecified atom stereocenters. The largest absolute Gasteiger partial charge is 0.462 e. The summed E-state index contributed by atoms with van der Waals surface area (Å²) in [5.74, 6) is 0.00237. The Morgan fingerprint density at radius 1 is 1.03 bits per heavy atom. The summed E-state index contributed by atoms with van der Waals surface area (Å²) in [5, 5.41) is 3.06. The number of hydrogen-bond acceptors (Lipinski definition) is 9. The van der Waals surface area contributed by atoms with Gasteiger partial charge in [0.2, 0.25) is 0 Å². The van der Waals surface area contributed by atoms with E-state index in [0.717, 1.165) is 0 Å². The molecule has 160 valence electrons. The Morgan fingerprint density at radius 2 is 1.77 bits per heavy atom. The number of anilines is 4. The predicted molar refractivity (Wildman–Crippen MR) is 117 cm³/mol. The van der Waals surface area contributed by atoms with Gasteiger partial charge in [0, 0.05) is 11.9 Å². The quantitative estimate of drug-likeness (QED) is 0.319. The Labute approximate surface area is 179 Å². The van der Waals surface area contributed by atoms with E-state index in [1.807, 2.05) is 13.8 Å². The third-order valence-corrected chi connectivity index (χ3v) is 4.01. The zero-order valence-electron chi connectivity index (χ0n) is 17.1. The van der Waals surface area contributed by atoms with E-state index in [4.69, 9.17) is 10.5 Å². The number of pyridine rings is 1. The minimum Gasteiger partial charge on any atom is -0.462 e. The fourth-order valence-electron chi connectivity index (χ4n) is 2.42. The number of rotatable bonds is 8. The lowest BCUT2D eigenvalue weighted by atomic mass is 10.2. The predicted octanol–water partition coefficient (Wildman–Crippen LogP) is 2.77. The fourth-order valence-corrected chi connectivity index (χ4v) is 2.42. The highest BCUT2D eigenvalue weighted by atomic mass is 16.5. The van der Waals surface area contributed by atoms with Crippen molar-refractivity contribution in [3.8, 4) is 0 Å². The Kier molecular flexibility index (Phi) is 6.94. The number of carbonyl (C=O) groups excluding carboxylic acids is 2. The minimum absolute atomic E-state index is 0.198. The number of carbonyl (C=O) groups is 2. The highest BCUT2D eigenvalue weighted by Crippen LogP contribution is 2.25. The number of nitrogen functional groups attached to an aromatic ring is 1. The van der Waals surface area contributed by atoms with Crippen LogP contribution in [0.1, 0.15) is 34.7 Å². The lowest BCUT2D eigenvalue weighted by Crippen LogP contribution is -2.31. The number of esters is 1. The first-order valence-corrected chi connectivity index (χ1v) is 9.56. The number of benzene rings is 1. The second-order valence-corrected chi connectivity index (χ2v) is 6.97. The number of nitrogens with one attached hydrogen (secondary N) is 3. The summed E-state index contributed by atoms with van der Waals surface area (Å²) < 4.78 is 5.21. The molecule has 0 aliphatic carbocycles. The van der Waals surface area contributed by atoms with Crippen LogP contribution in [0, 0.1) is 5.92 Å². The van der Waals surface area contributed by atoms with Gasteiger partial charge in [-0.05, 0) is 42.3 Å². The molecule has 3 rings (SSSR count). The SMILES string of the molecule is CC(C)COC(=O)c1ccc(Nc2ncnc(NNC(=O)c3ccccn3)c2N)cc1. The van der Waals surface area contributed by atoms with Gasteiger partial charge in [0.05, 0.1) is 12.2 Å². The smallest absolute Gasteiger partial charge is 0.338 e. The number of nitrogens with two attached hydrogens (primary N) is 1. The first kappa shape index (κ1) is 21.5. The van der Waals surface area contributed by atoms with Gasteiger partial charge in [-0.2, -0.15) is 0 Å². The number of hydrogen-bond donors (Lipinski definition) is 4. The van der Waals surface area contributed by atoms with Gasteiger partial charge in [0.1, 0.15) is 17.7 Å². The van der Waals surface area contributed by atoms with Crippen molar-refractivity contribution in [3.05, 3.63) is 66.2 Å². The van der Waals surface area contributed by atoms with E-state index in [2.05, 4.69) is 31.1 Å². The van der Waals surface area contributed by atoms with Crippen LogP contribution in [-0.4, -0.2) is 33.4 Å². The van der Waals surface area contributed by atoms with Crippen molar-refractivity contribution < 1.29 is 14.3 Å². The Morgan fingerprint density at radius 3 is 2.45 bits per heavy atom. The molecule has 0 spiro atoms. The molecule has 10 nitrogen and oxygen atoms in total. The first-order chi connectivity index (χ1) is 14.9. The molecule has 2 heterocycles. The van der Waals surface area contributed by atoms with Crippen LogP contribution in [-0.2, 0) is 4.74 Å². The minimum atomic E-state index is -0.437. The maximum atomic E-state index is 12.1. The van der Waals surface area contributed by atoms with Crippen molar-refractivity contribution >= 4 is 34.9 Å². The summed E-state index contributed by atoms with van der Waals surface area (Å²) in [6.07, 6.45) is 2.82. The molecule has 0 fully saturated rings. The van der Waals surface area contributed by atoms with E-state index in [0.29, 0.717) is 23.7 Å². The summed E-state index contributed by atoms with van der Waals surface area (Å²) in [6.45, 7) is 4.31. The lowest BCUT2D eigenvalue weighted by Gasteiger charge is -2.13.